The maximum atomic E-state index is 5.98. The van der Waals surface area contributed by atoms with E-state index in [1.54, 1.807) is 11.3 Å². The first kappa shape index (κ1) is 13.0. The number of thiazole rings is 1. The van der Waals surface area contributed by atoms with Gasteiger partial charge in [-0.3, -0.25) is 0 Å². The quantitative estimate of drug-likeness (QED) is 0.766. The van der Waals surface area contributed by atoms with Gasteiger partial charge in [-0.1, -0.05) is 19.3 Å². The molecule has 1 aromatic rings. The average Bonchev–Trinajstić information content (AvgIpc) is 2.89. The highest BCUT2D eigenvalue weighted by Crippen LogP contribution is 2.37. The molecule has 0 aromatic carbocycles. The van der Waals surface area contributed by atoms with Gasteiger partial charge in [0.05, 0.1) is 0 Å². The van der Waals surface area contributed by atoms with Gasteiger partial charge in [0.1, 0.15) is 5.01 Å². The number of nitrogens with two attached hydrogens (primary N) is 1. The Hall–Kier alpha value is -0.450. The van der Waals surface area contributed by atoms with Gasteiger partial charge in [0.25, 0.3) is 0 Å². The fourth-order valence-electron chi connectivity index (χ4n) is 2.75. The summed E-state index contributed by atoms with van der Waals surface area (Å²) in [7, 11) is 0. The third-order valence-corrected chi connectivity index (χ3v) is 4.72. The molecule has 0 aliphatic heterocycles. The first-order chi connectivity index (χ1) is 8.35. The molecule has 4 heteroatoms. The lowest BCUT2D eigenvalue weighted by Gasteiger charge is -2.36. The predicted molar refractivity (Wildman–Crippen MR) is 73.0 cm³/mol. The molecule has 1 aliphatic rings. The maximum absolute atomic E-state index is 5.98. The number of nitrogens with zero attached hydrogens (tertiary/aromatic N) is 1. The predicted octanol–water partition coefficient (Wildman–Crippen LogP) is 2.53. The molecule has 1 fully saturated rings. The van der Waals surface area contributed by atoms with E-state index < -0.39 is 0 Å². The van der Waals surface area contributed by atoms with Crippen molar-refractivity contribution in [1.82, 2.24) is 10.3 Å². The van der Waals surface area contributed by atoms with Crippen molar-refractivity contribution in [3.05, 3.63) is 16.6 Å². The highest BCUT2D eigenvalue weighted by molar-refractivity contribution is 7.09. The minimum atomic E-state index is 0.425. The van der Waals surface area contributed by atoms with Crippen LogP contribution in [0.5, 0.6) is 0 Å². The molecule has 0 radical (unpaired) electrons. The van der Waals surface area contributed by atoms with Crippen molar-refractivity contribution in [2.45, 2.75) is 45.1 Å². The van der Waals surface area contributed by atoms with Gasteiger partial charge in [-0.15, -0.1) is 11.3 Å². The molecule has 17 heavy (non-hydrogen) atoms. The van der Waals surface area contributed by atoms with Gasteiger partial charge >= 0.3 is 0 Å². The molecule has 0 spiro atoms. The summed E-state index contributed by atoms with van der Waals surface area (Å²) < 4.78 is 0. The van der Waals surface area contributed by atoms with Crippen LogP contribution < -0.4 is 11.1 Å². The largest absolute Gasteiger partial charge is 0.330 e. The van der Waals surface area contributed by atoms with Gasteiger partial charge in [-0.05, 0) is 37.8 Å². The normalized spacial score (nSPS) is 19.4. The van der Waals surface area contributed by atoms with Crippen molar-refractivity contribution >= 4 is 11.3 Å². The lowest BCUT2D eigenvalue weighted by molar-refractivity contribution is 0.181. The van der Waals surface area contributed by atoms with Crippen molar-refractivity contribution in [3.63, 3.8) is 0 Å². The van der Waals surface area contributed by atoms with Gasteiger partial charge in [0.2, 0.25) is 0 Å². The van der Waals surface area contributed by atoms with Crippen LogP contribution in [0.25, 0.3) is 0 Å². The minimum absolute atomic E-state index is 0.425. The van der Waals surface area contributed by atoms with Crippen molar-refractivity contribution in [3.8, 4) is 0 Å². The molecule has 1 saturated carbocycles. The third kappa shape index (κ3) is 3.76. The first-order valence-corrected chi connectivity index (χ1v) is 7.52. The van der Waals surface area contributed by atoms with Crippen LogP contribution in [-0.4, -0.2) is 18.1 Å². The van der Waals surface area contributed by atoms with Crippen LogP contribution in [0.2, 0.25) is 0 Å². The molecule has 3 N–H and O–H groups in total. The van der Waals surface area contributed by atoms with Gasteiger partial charge in [-0.25, -0.2) is 4.98 Å². The molecule has 0 unspecified atom stereocenters. The molecule has 0 atom stereocenters. The lowest BCUT2D eigenvalue weighted by atomic mass is 9.72. The summed E-state index contributed by atoms with van der Waals surface area (Å²) >= 11 is 1.72. The number of aromatic nitrogens is 1. The summed E-state index contributed by atoms with van der Waals surface area (Å²) in [5.41, 5.74) is 6.40. The second kappa shape index (κ2) is 6.47. The van der Waals surface area contributed by atoms with E-state index in [9.17, 15) is 0 Å². The van der Waals surface area contributed by atoms with Gasteiger partial charge in [0, 0.05) is 18.1 Å². The Balaban J connectivity index is 1.69. The highest BCUT2D eigenvalue weighted by atomic mass is 32.1. The van der Waals surface area contributed by atoms with Crippen LogP contribution >= 0.6 is 11.3 Å². The van der Waals surface area contributed by atoms with Crippen LogP contribution in [0, 0.1) is 5.41 Å². The van der Waals surface area contributed by atoms with Crippen molar-refractivity contribution in [2.75, 3.05) is 13.1 Å². The maximum Gasteiger partial charge on any atom is 0.106 e. The molecule has 1 heterocycles. The topological polar surface area (TPSA) is 50.9 Å². The van der Waals surface area contributed by atoms with E-state index in [4.69, 9.17) is 5.73 Å². The fourth-order valence-corrected chi connectivity index (χ4v) is 3.33. The van der Waals surface area contributed by atoms with Crippen LogP contribution in [0.4, 0.5) is 0 Å². The smallest absolute Gasteiger partial charge is 0.106 e. The fraction of sp³-hybridized carbons (Fsp3) is 0.769. The molecular formula is C13H23N3S. The molecule has 1 aromatic heterocycles. The summed E-state index contributed by atoms with van der Waals surface area (Å²) in [6, 6.07) is 0. The standard InChI is InChI=1S/C13H23N3S/c14-11-13(4-2-1-3-5-13)6-7-15-10-12-16-8-9-17-12/h8-9,15H,1-7,10-11,14H2. The Kier molecular flexibility index (Phi) is 4.95. The summed E-state index contributed by atoms with van der Waals surface area (Å²) in [4.78, 5) is 4.27. The van der Waals surface area contributed by atoms with E-state index in [-0.39, 0.29) is 0 Å². The van der Waals surface area contributed by atoms with E-state index in [0.717, 1.165) is 19.6 Å². The summed E-state index contributed by atoms with van der Waals surface area (Å²) in [6.45, 7) is 2.82. The Morgan fingerprint density at radius 3 is 2.82 bits per heavy atom. The molecule has 96 valence electrons. The van der Waals surface area contributed by atoms with E-state index in [2.05, 4.69) is 10.3 Å². The second-order valence-electron chi connectivity index (χ2n) is 5.12. The second-order valence-corrected chi connectivity index (χ2v) is 6.10. The molecule has 0 saturated heterocycles. The molecular weight excluding hydrogens is 230 g/mol. The Morgan fingerprint density at radius 2 is 2.18 bits per heavy atom. The van der Waals surface area contributed by atoms with Gasteiger partial charge in [-0.2, -0.15) is 0 Å². The number of hydrogen-bond acceptors (Lipinski definition) is 4. The Morgan fingerprint density at radius 1 is 1.35 bits per heavy atom. The summed E-state index contributed by atoms with van der Waals surface area (Å²) in [5.74, 6) is 0. The van der Waals surface area contributed by atoms with Crippen LogP contribution in [0.3, 0.4) is 0 Å². The van der Waals surface area contributed by atoms with Gasteiger partial charge in [0.15, 0.2) is 0 Å². The zero-order valence-corrected chi connectivity index (χ0v) is 11.3. The minimum Gasteiger partial charge on any atom is -0.330 e. The van der Waals surface area contributed by atoms with Crippen molar-refractivity contribution in [1.29, 1.82) is 0 Å². The average molecular weight is 253 g/mol. The zero-order chi connectivity index (χ0) is 12.0. The Bertz CT molecular complexity index is 304. The molecule has 2 rings (SSSR count). The van der Waals surface area contributed by atoms with Crippen molar-refractivity contribution < 1.29 is 0 Å². The summed E-state index contributed by atoms with van der Waals surface area (Å²) in [6.07, 6.45) is 9.85. The first-order valence-electron chi connectivity index (χ1n) is 6.64. The monoisotopic (exact) mass is 253 g/mol. The van der Waals surface area contributed by atoms with E-state index in [1.807, 2.05) is 11.6 Å². The third-order valence-electron chi connectivity index (χ3n) is 3.94. The van der Waals surface area contributed by atoms with Crippen LogP contribution in [-0.2, 0) is 6.54 Å². The summed E-state index contributed by atoms with van der Waals surface area (Å²) in [5, 5.41) is 6.69. The van der Waals surface area contributed by atoms with E-state index in [1.165, 1.54) is 43.5 Å². The number of nitrogens with one attached hydrogen (secondary N) is 1. The number of rotatable bonds is 6. The SMILES string of the molecule is NCC1(CCNCc2nccs2)CCCCC1. The molecule has 0 amide bonds. The highest BCUT2D eigenvalue weighted by Gasteiger charge is 2.29. The van der Waals surface area contributed by atoms with Crippen LogP contribution in [0.1, 0.15) is 43.5 Å². The lowest BCUT2D eigenvalue weighted by Crippen LogP contribution is -2.35. The zero-order valence-electron chi connectivity index (χ0n) is 10.5. The van der Waals surface area contributed by atoms with Gasteiger partial charge < -0.3 is 11.1 Å². The molecule has 3 nitrogen and oxygen atoms in total. The molecule has 0 bridgehead atoms. The van der Waals surface area contributed by atoms with Crippen LogP contribution in [0.15, 0.2) is 11.6 Å². The van der Waals surface area contributed by atoms with E-state index in [0.29, 0.717) is 5.41 Å². The molecule has 1 aliphatic carbocycles. The van der Waals surface area contributed by atoms with E-state index >= 15 is 0 Å². The van der Waals surface area contributed by atoms with Crippen molar-refractivity contribution in [2.24, 2.45) is 11.1 Å². The Labute approximate surface area is 108 Å². The number of hydrogen-bond donors (Lipinski definition) is 2.